The third kappa shape index (κ3) is 4.58. The zero-order valence-corrected chi connectivity index (χ0v) is 15.6. The summed E-state index contributed by atoms with van der Waals surface area (Å²) in [5.41, 5.74) is 1.13. The molecule has 3 nitrogen and oxygen atoms in total. The van der Waals surface area contributed by atoms with Crippen LogP contribution in [-0.4, -0.2) is 16.2 Å². The number of fused-ring (bicyclic) bond motifs is 1. The van der Waals surface area contributed by atoms with Crippen molar-refractivity contribution in [1.82, 2.24) is 4.57 Å². The SMILES string of the molecule is CCCn1c(=NC(=O)CCSc2ccc(F)cc2)sc2ccccc21. The molecule has 3 rings (SSSR count). The number of rotatable bonds is 6. The number of carbonyl (C=O) groups excluding carboxylic acids is 1. The third-order valence-electron chi connectivity index (χ3n) is 3.65. The van der Waals surface area contributed by atoms with E-state index in [1.165, 1.54) is 23.9 Å². The van der Waals surface area contributed by atoms with Crippen molar-refractivity contribution in [3.05, 3.63) is 59.1 Å². The van der Waals surface area contributed by atoms with Gasteiger partial charge < -0.3 is 4.57 Å². The van der Waals surface area contributed by atoms with Crippen molar-refractivity contribution in [1.29, 1.82) is 0 Å². The molecule has 0 spiro atoms. The Bertz CT molecular complexity index is 928. The summed E-state index contributed by atoms with van der Waals surface area (Å²) in [6.45, 7) is 2.96. The van der Waals surface area contributed by atoms with E-state index in [0.717, 1.165) is 32.9 Å². The van der Waals surface area contributed by atoms with Gasteiger partial charge in [0, 0.05) is 23.6 Å². The van der Waals surface area contributed by atoms with E-state index in [4.69, 9.17) is 0 Å². The molecule has 3 aromatic rings. The van der Waals surface area contributed by atoms with Crippen molar-refractivity contribution in [3.8, 4) is 0 Å². The van der Waals surface area contributed by atoms with E-state index in [-0.39, 0.29) is 11.7 Å². The minimum Gasteiger partial charge on any atom is -0.316 e. The summed E-state index contributed by atoms with van der Waals surface area (Å²) < 4.78 is 16.1. The van der Waals surface area contributed by atoms with Gasteiger partial charge >= 0.3 is 0 Å². The Kier molecular flexibility index (Phi) is 6.04. The fraction of sp³-hybridized carbons (Fsp3) is 0.263. The largest absolute Gasteiger partial charge is 0.316 e. The number of halogens is 1. The number of amides is 1. The van der Waals surface area contributed by atoms with Gasteiger partial charge in [-0.1, -0.05) is 30.4 Å². The highest BCUT2D eigenvalue weighted by Gasteiger charge is 2.07. The summed E-state index contributed by atoms with van der Waals surface area (Å²) in [6.07, 6.45) is 1.35. The quantitative estimate of drug-likeness (QED) is 0.577. The first-order valence-electron chi connectivity index (χ1n) is 8.21. The van der Waals surface area contributed by atoms with Gasteiger partial charge in [-0.15, -0.1) is 11.8 Å². The number of nitrogens with zero attached hydrogens (tertiary/aromatic N) is 2. The highest BCUT2D eigenvalue weighted by atomic mass is 32.2. The molecule has 0 unspecified atom stereocenters. The van der Waals surface area contributed by atoms with Crippen LogP contribution in [0.15, 0.2) is 58.4 Å². The monoisotopic (exact) mass is 374 g/mol. The molecule has 1 aromatic heterocycles. The summed E-state index contributed by atoms with van der Waals surface area (Å²) >= 11 is 3.09. The van der Waals surface area contributed by atoms with Crippen LogP contribution in [0.2, 0.25) is 0 Å². The number of carbonyl (C=O) groups is 1. The van der Waals surface area contributed by atoms with Gasteiger partial charge in [0.2, 0.25) is 5.91 Å². The molecule has 0 aliphatic rings. The van der Waals surface area contributed by atoms with Crippen LogP contribution in [0, 0.1) is 5.82 Å². The van der Waals surface area contributed by atoms with Crippen LogP contribution in [0.1, 0.15) is 19.8 Å². The maximum atomic E-state index is 12.9. The number of thiazole rings is 1. The Labute approximate surface area is 154 Å². The molecule has 2 aromatic carbocycles. The molecular formula is C19H19FN2OS2. The van der Waals surface area contributed by atoms with Crippen molar-refractivity contribution in [3.63, 3.8) is 0 Å². The number of thioether (sulfide) groups is 1. The van der Waals surface area contributed by atoms with E-state index in [9.17, 15) is 9.18 Å². The minimum absolute atomic E-state index is 0.119. The first kappa shape index (κ1) is 17.9. The molecule has 0 aliphatic heterocycles. The zero-order chi connectivity index (χ0) is 17.6. The van der Waals surface area contributed by atoms with Crippen LogP contribution in [0.25, 0.3) is 10.2 Å². The second-order valence-electron chi connectivity index (χ2n) is 5.56. The summed E-state index contributed by atoms with van der Waals surface area (Å²) in [5, 5.41) is 0. The van der Waals surface area contributed by atoms with Gasteiger partial charge in [0.05, 0.1) is 10.2 Å². The number of benzene rings is 2. The van der Waals surface area contributed by atoms with Gasteiger partial charge in [-0.25, -0.2) is 4.39 Å². The fourth-order valence-electron chi connectivity index (χ4n) is 2.50. The molecule has 0 aliphatic carbocycles. The number of para-hydroxylation sites is 1. The Morgan fingerprint density at radius 1 is 1.20 bits per heavy atom. The molecule has 0 atom stereocenters. The van der Waals surface area contributed by atoms with Gasteiger partial charge in [-0.05, 0) is 42.8 Å². The molecule has 25 heavy (non-hydrogen) atoms. The molecule has 0 saturated heterocycles. The lowest BCUT2D eigenvalue weighted by atomic mass is 10.3. The van der Waals surface area contributed by atoms with Crippen LogP contribution in [0.5, 0.6) is 0 Å². The van der Waals surface area contributed by atoms with E-state index in [2.05, 4.69) is 28.6 Å². The normalized spacial score (nSPS) is 12.0. The van der Waals surface area contributed by atoms with Crippen LogP contribution < -0.4 is 4.80 Å². The average Bonchev–Trinajstić information content (AvgIpc) is 2.94. The Morgan fingerprint density at radius 2 is 1.96 bits per heavy atom. The average molecular weight is 375 g/mol. The number of aromatic nitrogens is 1. The molecule has 0 N–H and O–H groups in total. The van der Waals surface area contributed by atoms with E-state index in [1.54, 1.807) is 23.5 Å². The lowest BCUT2D eigenvalue weighted by molar-refractivity contribution is -0.117. The van der Waals surface area contributed by atoms with Crippen LogP contribution in [-0.2, 0) is 11.3 Å². The predicted molar refractivity (Wildman–Crippen MR) is 102 cm³/mol. The number of aryl methyl sites for hydroxylation is 1. The second kappa shape index (κ2) is 8.45. The molecule has 130 valence electrons. The summed E-state index contributed by atoms with van der Waals surface area (Å²) in [4.78, 5) is 18.3. The molecule has 0 fully saturated rings. The molecule has 0 radical (unpaired) electrons. The van der Waals surface area contributed by atoms with Gasteiger partial charge in [0.1, 0.15) is 5.82 Å². The van der Waals surface area contributed by atoms with Crippen LogP contribution >= 0.6 is 23.1 Å². The summed E-state index contributed by atoms with van der Waals surface area (Å²) in [6, 6.07) is 14.4. The van der Waals surface area contributed by atoms with Gasteiger partial charge in [0.25, 0.3) is 0 Å². The van der Waals surface area contributed by atoms with Crippen molar-refractivity contribution >= 4 is 39.2 Å². The highest BCUT2D eigenvalue weighted by Crippen LogP contribution is 2.19. The van der Waals surface area contributed by atoms with Crippen molar-refractivity contribution in [2.45, 2.75) is 31.2 Å². The lowest BCUT2D eigenvalue weighted by Crippen LogP contribution is -2.16. The molecule has 1 heterocycles. The van der Waals surface area contributed by atoms with Crippen molar-refractivity contribution in [2.75, 3.05) is 5.75 Å². The van der Waals surface area contributed by atoms with Gasteiger partial charge in [-0.3, -0.25) is 4.79 Å². The smallest absolute Gasteiger partial charge is 0.249 e. The first-order chi connectivity index (χ1) is 12.2. The second-order valence-corrected chi connectivity index (χ2v) is 7.74. The van der Waals surface area contributed by atoms with E-state index in [1.807, 2.05) is 12.1 Å². The van der Waals surface area contributed by atoms with E-state index < -0.39 is 0 Å². The summed E-state index contributed by atoms with van der Waals surface area (Å²) in [7, 11) is 0. The molecule has 0 saturated carbocycles. The topological polar surface area (TPSA) is 34.4 Å². The standard InChI is InChI=1S/C19H19FN2OS2/c1-2-12-22-16-5-3-4-6-17(16)25-19(22)21-18(23)11-13-24-15-9-7-14(20)8-10-15/h3-10H,2,11-13H2,1H3. The molecule has 1 amide bonds. The Morgan fingerprint density at radius 3 is 2.72 bits per heavy atom. The molecule has 6 heteroatoms. The number of hydrogen-bond acceptors (Lipinski definition) is 3. The maximum Gasteiger partial charge on any atom is 0.249 e. The molecular weight excluding hydrogens is 355 g/mol. The van der Waals surface area contributed by atoms with Crippen molar-refractivity contribution in [2.24, 2.45) is 4.99 Å². The first-order valence-corrected chi connectivity index (χ1v) is 10.0. The maximum absolute atomic E-state index is 12.9. The Hall–Kier alpha value is -1.92. The summed E-state index contributed by atoms with van der Waals surface area (Å²) in [5.74, 6) is 0.263. The van der Waals surface area contributed by atoms with Crippen molar-refractivity contribution < 1.29 is 9.18 Å². The van der Waals surface area contributed by atoms with E-state index in [0.29, 0.717) is 12.2 Å². The lowest BCUT2D eigenvalue weighted by Gasteiger charge is -2.02. The zero-order valence-electron chi connectivity index (χ0n) is 13.9. The predicted octanol–water partition coefficient (Wildman–Crippen LogP) is 4.86. The van der Waals surface area contributed by atoms with Crippen LogP contribution in [0.4, 0.5) is 4.39 Å². The van der Waals surface area contributed by atoms with Gasteiger partial charge in [0.15, 0.2) is 4.80 Å². The fourth-order valence-corrected chi connectivity index (χ4v) is 4.41. The van der Waals surface area contributed by atoms with Gasteiger partial charge in [-0.2, -0.15) is 4.99 Å². The number of hydrogen-bond donors (Lipinski definition) is 0. The van der Waals surface area contributed by atoms with Crippen LogP contribution in [0.3, 0.4) is 0 Å². The molecule has 0 bridgehead atoms. The minimum atomic E-state index is -0.249. The Balaban J connectivity index is 1.71. The van der Waals surface area contributed by atoms with E-state index >= 15 is 0 Å². The highest BCUT2D eigenvalue weighted by molar-refractivity contribution is 7.99. The third-order valence-corrected chi connectivity index (χ3v) is 5.73.